The van der Waals surface area contributed by atoms with Gasteiger partial charge in [-0.3, -0.25) is 4.79 Å². The molecule has 17 heavy (non-hydrogen) atoms. The first-order valence-electron chi connectivity index (χ1n) is 5.70. The van der Waals surface area contributed by atoms with Gasteiger partial charge < -0.3 is 5.11 Å². The fourth-order valence-corrected chi connectivity index (χ4v) is 2.40. The Morgan fingerprint density at radius 1 is 1.41 bits per heavy atom. The summed E-state index contributed by atoms with van der Waals surface area (Å²) in [6.07, 6.45) is 2.43. The Kier molecular flexibility index (Phi) is 3.01. The van der Waals surface area contributed by atoms with Crippen molar-refractivity contribution in [3.8, 4) is 0 Å². The minimum Gasteiger partial charge on any atom is -0.481 e. The Labute approximate surface area is 99.8 Å². The van der Waals surface area contributed by atoms with E-state index in [0.717, 1.165) is 16.7 Å². The lowest BCUT2D eigenvalue weighted by Gasteiger charge is -2.17. The van der Waals surface area contributed by atoms with Crippen LogP contribution in [0, 0.1) is 17.7 Å². The molecule has 2 rings (SSSR count). The van der Waals surface area contributed by atoms with Crippen molar-refractivity contribution in [2.75, 3.05) is 0 Å². The normalized spacial score (nSPS) is 15.6. The molecule has 1 aromatic carbocycles. The Morgan fingerprint density at radius 3 is 2.71 bits per heavy atom. The quantitative estimate of drug-likeness (QED) is 0.872. The van der Waals surface area contributed by atoms with Gasteiger partial charge in [-0.2, -0.15) is 0 Å². The summed E-state index contributed by atoms with van der Waals surface area (Å²) in [5, 5.41) is 9.22. The maximum absolute atomic E-state index is 13.1. The molecule has 3 heteroatoms. The smallest absolute Gasteiger partial charge is 0.310 e. The van der Waals surface area contributed by atoms with E-state index < -0.39 is 11.9 Å². The van der Waals surface area contributed by atoms with E-state index in [1.807, 2.05) is 19.9 Å². The molecule has 1 atom stereocenters. The van der Waals surface area contributed by atoms with E-state index in [9.17, 15) is 14.3 Å². The van der Waals surface area contributed by atoms with E-state index in [0.29, 0.717) is 6.42 Å². The maximum Gasteiger partial charge on any atom is 0.310 e. The summed E-state index contributed by atoms with van der Waals surface area (Å²) >= 11 is 0. The summed E-state index contributed by atoms with van der Waals surface area (Å²) in [5.74, 6) is -1.53. The van der Waals surface area contributed by atoms with Gasteiger partial charge >= 0.3 is 5.97 Å². The zero-order chi connectivity index (χ0) is 12.6. The van der Waals surface area contributed by atoms with Gasteiger partial charge in [-0.15, -0.1) is 0 Å². The molecule has 2 nitrogen and oxygen atoms in total. The van der Waals surface area contributed by atoms with Gasteiger partial charge in [0.15, 0.2) is 0 Å². The van der Waals surface area contributed by atoms with E-state index in [2.05, 4.69) is 0 Å². The summed E-state index contributed by atoms with van der Waals surface area (Å²) in [6, 6.07) is 4.61. The van der Waals surface area contributed by atoms with Crippen molar-refractivity contribution in [1.29, 1.82) is 0 Å². The average molecular weight is 234 g/mol. The van der Waals surface area contributed by atoms with Crippen LogP contribution in [0.2, 0.25) is 0 Å². The highest BCUT2D eigenvalue weighted by molar-refractivity contribution is 5.78. The molecule has 0 spiro atoms. The molecule has 1 unspecified atom stereocenters. The molecule has 0 radical (unpaired) electrons. The van der Waals surface area contributed by atoms with Crippen LogP contribution in [0.25, 0.3) is 6.08 Å². The van der Waals surface area contributed by atoms with Crippen LogP contribution in [0.4, 0.5) is 4.39 Å². The van der Waals surface area contributed by atoms with E-state index in [1.54, 1.807) is 6.07 Å². The first-order valence-corrected chi connectivity index (χ1v) is 5.70. The van der Waals surface area contributed by atoms with Crippen LogP contribution in [0.1, 0.15) is 25.0 Å². The number of carbonyl (C=O) groups is 1. The van der Waals surface area contributed by atoms with E-state index in [-0.39, 0.29) is 11.7 Å². The maximum atomic E-state index is 13.1. The number of carboxylic acids is 1. The predicted molar refractivity (Wildman–Crippen MR) is 64.0 cm³/mol. The lowest BCUT2D eigenvalue weighted by molar-refractivity contribution is -0.141. The molecular formula is C14H15FO2. The fraction of sp³-hybridized carbons (Fsp3) is 0.357. The summed E-state index contributed by atoms with van der Waals surface area (Å²) < 4.78 is 13.1. The number of fused-ring (bicyclic) bond motifs is 1. The average Bonchev–Trinajstić information content (AvgIpc) is 2.58. The van der Waals surface area contributed by atoms with Crippen LogP contribution in [-0.4, -0.2) is 11.1 Å². The number of halogens is 1. The number of hydrogen-bond acceptors (Lipinski definition) is 1. The van der Waals surface area contributed by atoms with Crippen molar-refractivity contribution in [1.82, 2.24) is 0 Å². The fourth-order valence-electron chi connectivity index (χ4n) is 2.40. The summed E-state index contributed by atoms with van der Waals surface area (Å²) in [6.45, 7) is 3.78. The van der Waals surface area contributed by atoms with E-state index in [4.69, 9.17) is 0 Å². The second kappa shape index (κ2) is 4.32. The molecule has 0 fully saturated rings. The number of hydrogen-bond donors (Lipinski definition) is 1. The van der Waals surface area contributed by atoms with E-state index in [1.165, 1.54) is 12.1 Å². The molecule has 0 amide bonds. The lowest BCUT2D eigenvalue weighted by atomic mass is 9.87. The Morgan fingerprint density at radius 2 is 2.12 bits per heavy atom. The van der Waals surface area contributed by atoms with Gasteiger partial charge in [0.1, 0.15) is 5.82 Å². The Hall–Kier alpha value is -1.64. The highest BCUT2D eigenvalue weighted by atomic mass is 19.1. The van der Waals surface area contributed by atoms with Crippen LogP contribution >= 0.6 is 0 Å². The molecule has 1 N–H and O–H groups in total. The first-order chi connectivity index (χ1) is 7.99. The topological polar surface area (TPSA) is 37.3 Å². The molecule has 0 saturated heterocycles. The monoisotopic (exact) mass is 234 g/mol. The summed E-state index contributed by atoms with van der Waals surface area (Å²) in [5.41, 5.74) is 2.69. The van der Waals surface area contributed by atoms with Crippen LogP contribution < -0.4 is 0 Å². The number of benzene rings is 1. The van der Waals surface area contributed by atoms with Gasteiger partial charge in [0.05, 0.1) is 5.92 Å². The Bertz CT molecular complexity index is 489. The standard InChI is InChI=1S/C14H15FO2/c1-8(2)13(14(16)17)11-5-9-3-4-12(15)7-10(9)6-11/h3-4,6-8,13H,5H2,1-2H3,(H,16,17). The largest absolute Gasteiger partial charge is 0.481 e. The van der Waals surface area contributed by atoms with Gasteiger partial charge in [0, 0.05) is 0 Å². The van der Waals surface area contributed by atoms with Crippen molar-refractivity contribution in [3.63, 3.8) is 0 Å². The molecule has 0 heterocycles. The molecular weight excluding hydrogens is 219 g/mol. The van der Waals surface area contributed by atoms with Gasteiger partial charge in [-0.05, 0) is 35.6 Å². The molecule has 1 aliphatic carbocycles. The minimum atomic E-state index is -0.806. The second-order valence-electron chi connectivity index (χ2n) is 4.80. The molecule has 1 aliphatic rings. The lowest BCUT2D eigenvalue weighted by Crippen LogP contribution is -2.22. The molecule has 0 aliphatic heterocycles. The van der Waals surface area contributed by atoms with Gasteiger partial charge in [-0.1, -0.05) is 31.6 Å². The van der Waals surface area contributed by atoms with Crippen LogP contribution in [0.3, 0.4) is 0 Å². The number of rotatable bonds is 3. The van der Waals surface area contributed by atoms with Crippen LogP contribution in [-0.2, 0) is 11.2 Å². The SMILES string of the molecule is CC(C)C(C(=O)O)C1=Cc2cc(F)ccc2C1. The molecule has 90 valence electrons. The van der Waals surface area contributed by atoms with Crippen LogP contribution in [0.5, 0.6) is 0 Å². The third-order valence-corrected chi connectivity index (χ3v) is 3.18. The molecule has 0 bridgehead atoms. The number of carboxylic acid groups (broad SMARTS) is 1. The summed E-state index contributed by atoms with van der Waals surface area (Å²) in [4.78, 5) is 11.2. The van der Waals surface area contributed by atoms with E-state index >= 15 is 0 Å². The van der Waals surface area contributed by atoms with Gasteiger partial charge in [0.2, 0.25) is 0 Å². The molecule has 0 saturated carbocycles. The first kappa shape index (κ1) is 11.8. The summed E-state index contributed by atoms with van der Waals surface area (Å²) in [7, 11) is 0. The molecule has 0 aromatic heterocycles. The minimum absolute atomic E-state index is 0.0397. The Balaban J connectivity index is 2.33. The molecule has 1 aromatic rings. The highest BCUT2D eigenvalue weighted by Gasteiger charge is 2.28. The number of aliphatic carboxylic acids is 1. The van der Waals surface area contributed by atoms with Gasteiger partial charge in [0.25, 0.3) is 0 Å². The third-order valence-electron chi connectivity index (χ3n) is 3.18. The van der Waals surface area contributed by atoms with Crippen molar-refractivity contribution in [3.05, 3.63) is 40.7 Å². The second-order valence-corrected chi connectivity index (χ2v) is 4.80. The highest BCUT2D eigenvalue weighted by Crippen LogP contribution is 2.33. The van der Waals surface area contributed by atoms with Crippen molar-refractivity contribution < 1.29 is 14.3 Å². The zero-order valence-electron chi connectivity index (χ0n) is 9.90. The van der Waals surface area contributed by atoms with Crippen LogP contribution in [0.15, 0.2) is 23.8 Å². The van der Waals surface area contributed by atoms with Gasteiger partial charge in [-0.25, -0.2) is 4.39 Å². The predicted octanol–water partition coefficient (Wildman–Crippen LogP) is 3.12. The zero-order valence-corrected chi connectivity index (χ0v) is 9.90. The van der Waals surface area contributed by atoms with Crippen molar-refractivity contribution >= 4 is 12.0 Å². The van der Waals surface area contributed by atoms with Crippen molar-refractivity contribution in [2.24, 2.45) is 11.8 Å². The third kappa shape index (κ3) is 2.23. The van der Waals surface area contributed by atoms with Crippen molar-refractivity contribution in [2.45, 2.75) is 20.3 Å².